The molecule has 3 aromatic carbocycles. The molecule has 0 saturated carbocycles. The topological polar surface area (TPSA) is 67.8 Å². The smallest absolute Gasteiger partial charge is 0.274 e. The molecule has 0 amide bonds. The van der Waals surface area contributed by atoms with Gasteiger partial charge in [0.05, 0.1) is 17.2 Å². The van der Waals surface area contributed by atoms with Crippen molar-refractivity contribution >= 4 is 33.5 Å². The molecule has 5 aromatic rings. The minimum Gasteiger partial charge on any atom is -0.320 e. The molecule has 2 heterocycles. The number of benzene rings is 3. The Labute approximate surface area is 169 Å². The van der Waals surface area contributed by atoms with E-state index in [1.807, 2.05) is 42.5 Å². The summed E-state index contributed by atoms with van der Waals surface area (Å²) in [6.07, 6.45) is 1.23. The fraction of sp³-hybridized carbons (Fsp3) is 0. The monoisotopic (exact) mass is 399 g/mol. The lowest BCUT2D eigenvalue weighted by Crippen LogP contribution is -2.26. The first-order valence-electron chi connectivity index (χ1n) is 9.01. The van der Waals surface area contributed by atoms with Crippen LogP contribution in [0.15, 0.2) is 88.6 Å². The Morgan fingerprint density at radius 3 is 2.48 bits per heavy atom. The molecular weight excluding hydrogens is 386 g/mol. The van der Waals surface area contributed by atoms with Crippen molar-refractivity contribution in [2.45, 2.75) is 0 Å². The van der Waals surface area contributed by atoms with Gasteiger partial charge in [-0.1, -0.05) is 54.1 Å². The van der Waals surface area contributed by atoms with Crippen molar-refractivity contribution in [2.24, 2.45) is 0 Å². The number of hydrogen-bond donors (Lipinski definition) is 1. The SMILES string of the molecule is O=c1[nH]c2ccc(Cl)cc2c(-c2ccccc2)c1-n1c(=O)cnc2ccccc21. The van der Waals surface area contributed by atoms with Gasteiger partial charge < -0.3 is 4.98 Å². The average molecular weight is 400 g/mol. The standard InChI is InChI=1S/C23H14ClN3O2/c24-15-10-11-17-16(12-15)21(14-6-2-1-3-7-14)22(23(29)26-17)27-19-9-5-4-8-18(19)25-13-20(27)28/h1-13H,(H,26,29). The zero-order valence-corrected chi connectivity index (χ0v) is 15.9. The van der Waals surface area contributed by atoms with E-state index in [0.29, 0.717) is 27.1 Å². The molecule has 0 aliphatic heterocycles. The summed E-state index contributed by atoms with van der Waals surface area (Å²) in [6.45, 7) is 0. The molecule has 0 aliphatic rings. The molecule has 2 aromatic heterocycles. The number of aromatic nitrogens is 3. The second kappa shape index (κ2) is 6.72. The van der Waals surface area contributed by atoms with E-state index in [2.05, 4.69) is 9.97 Å². The first-order chi connectivity index (χ1) is 14.1. The van der Waals surface area contributed by atoms with Gasteiger partial charge in [0.25, 0.3) is 11.1 Å². The van der Waals surface area contributed by atoms with Crippen LogP contribution in [0, 0.1) is 0 Å². The van der Waals surface area contributed by atoms with E-state index in [4.69, 9.17) is 11.6 Å². The highest BCUT2D eigenvalue weighted by Gasteiger charge is 2.19. The number of rotatable bonds is 2. The molecule has 29 heavy (non-hydrogen) atoms. The van der Waals surface area contributed by atoms with Crippen LogP contribution in [0.5, 0.6) is 0 Å². The lowest BCUT2D eigenvalue weighted by atomic mass is 9.99. The maximum Gasteiger partial charge on any atom is 0.274 e. The van der Waals surface area contributed by atoms with Crippen LogP contribution in [0.2, 0.25) is 5.02 Å². The number of pyridine rings is 1. The summed E-state index contributed by atoms with van der Waals surface area (Å²) in [5, 5.41) is 1.30. The molecule has 0 aliphatic carbocycles. The normalized spacial score (nSPS) is 11.2. The fourth-order valence-corrected chi connectivity index (χ4v) is 3.83. The van der Waals surface area contributed by atoms with E-state index in [0.717, 1.165) is 10.9 Å². The summed E-state index contributed by atoms with van der Waals surface area (Å²) in [6, 6.07) is 22.0. The van der Waals surface area contributed by atoms with Crippen LogP contribution in [-0.4, -0.2) is 14.5 Å². The molecule has 0 bridgehead atoms. The van der Waals surface area contributed by atoms with Crippen molar-refractivity contribution in [1.82, 2.24) is 14.5 Å². The molecule has 0 fully saturated rings. The third kappa shape index (κ3) is 2.83. The molecule has 5 rings (SSSR count). The molecule has 0 radical (unpaired) electrons. The predicted molar refractivity (Wildman–Crippen MR) is 116 cm³/mol. The van der Waals surface area contributed by atoms with E-state index in [1.165, 1.54) is 10.8 Å². The number of para-hydroxylation sites is 2. The summed E-state index contributed by atoms with van der Waals surface area (Å²) in [5.41, 5.74) is 2.78. The Hall–Kier alpha value is -3.70. The third-order valence-electron chi connectivity index (χ3n) is 4.89. The average Bonchev–Trinajstić information content (AvgIpc) is 2.74. The van der Waals surface area contributed by atoms with Crippen molar-refractivity contribution in [2.75, 3.05) is 0 Å². The van der Waals surface area contributed by atoms with Crippen molar-refractivity contribution in [3.63, 3.8) is 0 Å². The molecule has 1 N–H and O–H groups in total. The van der Waals surface area contributed by atoms with Crippen LogP contribution < -0.4 is 11.1 Å². The second-order valence-corrected chi connectivity index (χ2v) is 7.09. The Kier molecular flexibility index (Phi) is 4.03. The van der Waals surface area contributed by atoms with Crippen LogP contribution in [0.4, 0.5) is 0 Å². The van der Waals surface area contributed by atoms with Gasteiger partial charge in [0.15, 0.2) is 0 Å². The van der Waals surface area contributed by atoms with Crippen molar-refractivity contribution in [3.05, 3.63) is 105 Å². The highest BCUT2D eigenvalue weighted by Crippen LogP contribution is 2.33. The summed E-state index contributed by atoms with van der Waals surface area (Å²) in [4.78, 5) is 33.2. The Morgan fingerprint density at radius 2 is 1.66 bits per heavy atom. The van der Waals surface area contributed by atoms with Gasteiger partial charge in [0.1, 0.15) is 5.69 Å². The van der Waals surface area contributed by atoms with Gasteiger partial charge in [-0.15, -0.1) is 0 Å². The lowest BCUT2D eigenvalue weighted by molar-refractivity contribution is 0.995. The Morgan fingerprint density at radius 1 is 0.897 bits per heavy atom. The summed E-state index contributed by atoms with van der Waals surface area (Å²) >= 11 is 6.27. The highest BCUT2D eigenvalue weighted by atomic mass is 35.5. The van der Waals surface area contributed by atoms with Gasteiger partial charge in [-0.25, -0.2) is 4.98 Å². The number of nitrogens with zero attached hydrogens (tertiary/aromatic N) is 2. The first kappa shape index (κ1) is 17.4. The first-order valence-corrected chi connectivity index (χ1v) is 9.39. The zero-order valence-electron chi connectivity index (χ0n) is 15.1. The van der Waals surface area contributed by atoms with Crippen LogP contribution in [0.1, 0.15) is 0 Å². The van der Waals surface area contributed by atoms with E-state index >= 15 is 0 Å². The maximum absolute atomic E-state index is 13.2. The van der Waals surface area contributed by atoms with Gasteiger partial charge in [-0.05, 0) is 35.9 Å². The minimum absolute atomic E-state index is 0.245. The molecule has 0 spiro atoms. The molecule has 6 heteroatoms. The minimum atomic E-state index is -0.382. The quantitative estimate of drug-likeness (QED) is 0.473. The van der Waals surface area contributed by atoms with Crippen molar-refractivity contribution < 1.29 is 0 Å². The number of H-pyrrole nitrogens is 1. The summed E-state index contributed by atoms with van der Waals surface area (Å²) in [7, 11) is 0. The van der Waals surface area contributed by atoms with Crippen LogP contribution in [0.25, 0.3) is 38.8 Å². The molecule has 140 valence electrons. The Bertz CT molecular complexity index is 1500. The second-order valence-electron chi connectivity index (χ2n) is 6.65. The Balaban J connectivity index is 2.04. The van der Waals surface area contributed by atoms with Crippen molar-refractivity contribution in [1.29, 1.82) is 0 Å². The van der Waals surface area contributed by atoms with E-state index in [9.17, 15) is 9.59 Å². The summed E-state index contributed by atoms with van der Waals surface area (Å²) < 4.78 is 1.42. The number of fused-ring (bicyclic) bond motifs is 2. The van der Waals surface area contributed by atoms with Gasteiger partial charge in [0.2, 0.25) is 0 Å². The van der Waals surface area contributed by atoms with Gasteiger partial charge in [0, 0.05) is 21.5 Å². The van der Waals surface area contributed by atoms with Crippen LogP contribution in [0.3, 0.4) is 0 Å². The van der Waals surface area contributed by atoms with Gasteiger partial charge in [-0.3, -0.25) is 14.2 Å². The molecule has 0 unspecified atom stereocenters. The number of hydrogen-bond acceptors (Lipinski definition) is 3. The largest absolute Gasteiger partial charge is 0.320 e. The maximum atomic E-state index is 13.2. The number of halogens is 1. The van der Waals surface area contributed by atoms with Crippen LogP contribution >= 0.6 is 11.6 Å². The molecular formula is C23H14ClN3O2. The van der Waals surface area contributed by atoms with Crippen LogP contribution in [-0.2, 0) is 0 Å². The molecule has 0 saturated heterocycles. The molecule has 5 nitrogen and oxygen atoms in total. The van der Waals surface area contributed by atoms with E-state index < -0.39 is 0 Å². The van der Waals surface area contributed by atoms with Crippen molar-refractivity contribution in [3.8, 4) is 16.8 Å². The molecule has 0 atom stereocenters. The summed E-state index contributed by atoms with van der Waals surface area (Å²) in [5.74, 6) is 0. The fourth-order valence-electron chi connectivity index (χ4n) is 3.66. The van der Waals surface area contributed by atoms with Gasteiger partial charge >= 0.3 is 0 Å². The lowest BCUT2D eigenvalue weighted by Gasteiger charge is -2.16. The highest BCUT2D eigenvalue weighted by molar-refractivity contribution is 6.31. The third-order valence-corrected chi connectivity index (χ3v) is 5.13. The number of aromatic amines is 1. The number of nitrogens with one attached hydrogen (secondary N) is 1. The zero-order chi connectivity index (χ0) is 20.0. The van der Waals surface area contributed by atoms with E-state index in [1.54, 1.807) is 30.3 Å². The van der Waals surface area contributed by atoms with E-state index in [-0.39, 0.29) is 16.8 Å². The predicted octanol–water partition coefficient (Wildman–Crippen LogP) is 4.55. The van der Waals surface area contributed by atoms with Gasteiger partial charge in [-0.2, -0.15) is 0 Å².